The lowest BCUT2D eigenvalue weighted by atomic mass is 9.64. The van der Waals surface area contributed by atoms with Crippen molar-refractivity contribution in [3.8, 4) is 0 Å². The van der Waals surface area contributed by atoms with E-state index < -0.39 is 0 Å². The van der Waals surface area contributed by atoms with Gasteiger partial charge >= 0.3 is 0 Å². The van der Waals surface area contributed by atoms with Gasteiger partial charge in [-0.05, 0) is 50.5 Å². The van der Waals surface area contributed by atoms with Crippen molar-refractivity contribution >= 4 is 24.8 Å². The van der Waals surface area contributed by atoms with E-state index in [2.05, 4.69) is 5.32 Å². The Labute approximate surface area is 98.2 Å². The summed E-state index contributed by atoms with van der Waals surface area (Å²) >= 11 is 0. The summed E-state index contributed by atoms with van der Waals surface area (Å²) in [5, 5.41) is 3.65. The molecule has 2 aliphatic carbocycles. The predicted molar refractivity (Wildman–Crippen MR) is 63.3 cm³/mol. The van der Waals surface area contributed by atoms with E-state index in [-0.39, 0.29) is 30.4 Å². The van der Waals surface area contributed by atoms with Gasteiger partial charge in [-0.2, -0.15) is 0 Å². The van der Waals surface area contributed by atoms with Crippen LogP contribution in [0.5, 0.6) is 0 Å². The van der Waals surface area contributed by atoms with Gasteiger partial charge < -0.3 is 11.1 Å². The summed E-state index contributed by atoms with van der Waals surface area (Å²) in [6.45, 7) is 1.24. The lowest BCUT2D eigenvalue weighted by Crippen LogP contribution is -2.52. The van der Waals surface area contributed by atoms with E-state index in [9.17, 15) is 0 Å². The van der Waals surface area contributed by atoms with Gasteiger partial charge in [-0.15, -0.1) is 24.8 Å². The van der Waals surface area contributed by atoms with Gasteiger partial charge in [0.25, 0.3) is 0 Å². The van der Waals surface area contributed by atoms with Crippen molar-refractivity contribution in [1.82, 2.24) is 5.32 Å². The zero-order chi connectivity index (χ0) is 8.18. The topological polar surface area (TPSA) is 38.0 Å². The highest BCUT2D eigenvalue weighted by Gasteiger charge is 2.46. The fourth-order valence-electron chi connectivity index (χ4n) is 3.84. The molecule has 0 aromatic heterocycles. The van der Waals surface area contributed by atoms with Crippen LogP contribution >= 0.6 is 24.8 Å². The molecule has 4 atom stereocenters. The molecule has 3 N–H and O–H groups in total. The molecule has 4 aliphatic rings. The normalized spacial score (nSPS) is 49.1. The average molecular weight is 239 g/mol. The Bertz CT molecular complexity index is 194. The first-order valence-electron chi connectivity index (χ1n) is 5.26. The molecule has 0 aromatic rings. The van der Waals surface area contributed by atoms with Crippen molar-refractivity contribution in [3.05, 3.63) is 0 Å². The smallest absolute Gasteiger partial charge is 0.0175 e. The maximum atomic E-state index is 6.38. The van der Waals surface area contributed by atoms with E-state index in [1.165, 1.54) is 38.6 Å². The third-order valence-electron chi connectivity index (χ3n) is 4.02. The van der Waals surface area contributed by atoms with E-state index in [0.717, 1.165) is 17.9 Å². The molecule has 84 valence electrons. The van der Waals surface area contributed by atoms with Gasteiger partial charge in [0.05, 0.1) is 0 Å². The van der Waals surface area contributed by atoms with Crippen LogP contribution in [0.25, 0.3) is 0 Å². The number of nitrogens with two attached hydrogens (primary N) is 1. The van der Waals surface area contributed by atoms with Crippen LogP contribution in [0.4, 0.5) is 0 Å². The lowest BCUT2D eigenvalue weighted by Gasteiger charge is -2.45. The minimum absolute atomic E-state index is 0. The highest BCUT2D eigenvalue weighted by atomic mass is 35.5. The van der Waals surface area contributed by atoms with Crippen LogP contribution in [0, 0.1) is 11.8 Å². The van der Waals surface area contributed by atoms with Crippen molar-refractivity contribution in [2.45, 2.75) is 43.7 Å². The van der Waals surface area contributed by atoms with Crippen LogP contribution in [-0.4, -0.2) is 18.1 Å². The largest absolute Gasteiger partial charge is 0.325 e. The number of hydrogen-bond donors (Lipinski definition) is 2. The number of fused-ring (bicyclic) bond motifs is 1. The maximum Gasteiger partial charge on any atom is 0.0175 e. The van der Waals surface area contributed by atoms with E-state index in [0.29, 0.717) is 0 Å². The number of nitrogens with one attached hydrogen (secondary N) is 1. The number of rotatable bonds is 0. The molecule has 0 aromatic carbocycles. The van der Waals surface area contributed by atoms with E-state index in [1.807, 2.05) is 0 Å². The molecule has 0 amide bonds. The molecule has 0 radical (unpaired) electrons. The summed E-state index contributed by atoms with van der Waals surface area (Å²) in [6, 6.07) is 0.751. The second kappa shape index (κ2) is 4.17. The molecular formula is C10H20Cl2N2. The van der Waals surface area contributed by atoms with Crippen LogP contribution in [0.1, 0.15) is 32.1 Å². The molecule has 14 heavy (non-hydrogen) atoms. The molecule has 4 rings (SSSR count). The van der Waals surface area contributed by atoms with Gasteiger partial charge in [-0.3, -0.25) is 0 Å². The van der Waals surface area contributed by atoms with Crippen molar-refractivity contribution in [3.63, 3.8) is 0 Å². The molecule has 0 unspecified atom stereocenters. The van der Waals surface area contributed by atoms with Crippen LogP contribution in [-0.2, 0) is 0 Å². The average Bonchev–Trinajstić information content (AvgIpc) is 2.14. The van der Waals surface area contributed by atoms with Crippen LogP contribution in [0.3, 0.4) is 0 Å². The van der Waals surface area contributed by atoms with Crippen molar-refractivity contribution in [2.24, 2.45) is 17.6 Å². The Morgan fingerprint density at radius 3 is 2.43 bits per heavy atom. The minimum atomic E-state index is 0. The van der Waals surface area contributed by atoms with Gasteiger partial charge in [0, 0.05) is 11.6 Å². The lowest BCUT2D eigenvalue weighted by molar-refractivity contribution is 0.124. The van der Waals surface area contributed by atoms with Crippen molar-refractivity contribution in [2.75, 3.05) is 6.54 Å². The first-order valence-corrected chi connectivity index (χ1v) is 5.26. The summed E-state index contributed by atoms with van der Waals surface area (Å²) in [5.41, 5.74) is 6.60. The third-order valence-corrected chi connectivity index (χ3v) is 4.02. The fourth-order valence-corrected chi connectivity index (χ4v) is 3.84. The van der Waals surface area contributed by atoms with Crippen LogP contribution in [0.2, 0.25) is 0 Å². The van der Waals surface area contributed by atoms with Gasteiger partial charge in [-0.1, -0.05) is 0 Å². The molecule has 0 spiro atoms. The van der Waals surface area contributed by atoms with Crippen molar-refractivity contribution in [1.29, 1.82) is 0 Å². The summed E-state index contributed by atoms with van der Waals surface area (Å²) in [7, 11) is 0. The second-order valence-corrected chi connectivity index (χ2v) is 5.28. The molecule has 2 saturated heterocycles. The second-order valence-electron chi connectivity index (χ2n) is 5.28. The quantitative estimate of drug-likeness (QED) is 0.675. The van der Waals surface area contributed by atoms with Gasteiger partial charge in [0.15, 0.2) is 0 Å². The predicted octanol–water partition coefficient (Wildman–Crippen LogP) is 1.71. The molecule has 4 fully saturated rings. The molecule has 4 bridgehead atoms. The fraction of sp³-hybridized carbons (Fsp3) is 1.00. The third kappa shape index (κ3) is 2.04. The van der Waals surface area contributed by atoms with Gasteiger partial charge in [-0.25, -0.2) is 0 Å². The Balaban J connectivity index is 0.000000490. The molecule has 2 heterocycles. The minimum Gasteiger partial charge on any atom is -0.325 e. The van der Waals surface area contributed by atoms with Gasteiger partial charge in [0.2, 0.25) is 0 Å². The maximum absolute atomic E-state index is 6.38. The Kier molecular flexibility index (Phi) is 3.74. The van der Waals surface area contributed by atoms with E-state index in [1.54, 1.807) is 0 Å². The highest BCUT2D eigenvalue weighted by Crippen LogP contribution is 2.45. The summed E-state index contributed by atoms with van der Waals surface area (Å²) in [5.74, 6) is 1.84. The number of hydrogen-bond acceptors (Lipinski definition) is 2. The van der Waals surface area contributed by atoms with Crippen LogP contribution < -0.4 is 11.1 Å². The summed E-state index contributed by atoms with van der Waals surface area (Å²) < 4.78 is 0. The van der Waals surface area contributed by atoms with Crippen LogP contribution in [0.15, 0.2) is 0 Å². The molecular weight excluding hydrogens is 219 g/mol. The summed E-state index contributed by atoms with van der Waals surface area (Å²) in [6.07, 6.45) is 6.67. The van der Waals surface area contributed by atoms with Gasteiger partial charge in [0.1, 0.15) is 0 Å². The highest BCUT2D eigenvalue weighted by molar-refractivity contribution is 5.85. The van der Waals surface area contributed by atoms with E-state index >= 15 is 0 Å². The first kappa shape index (κ1) is 12.6. The van der Waals surface area contributed by atoms with Crippen molar-refractivity contribution < 1.29 is 0 Å². The van der Waals surface area contributed by atoms with E-state index in [4.69, 9.17) is 5.73 Å². The summed E-state index contributed by atoms with van der Waals surface area (Å²) in [4.78, 5) is 0. The zero-order valence-corrected chi connectivity index (χ0v) is 10.0. The Hall–Kier alpha value is 0.500. The molecule has 2 saturated carbocycles. The molecule has 2 nitrogen and oxygen atoms in total. The molecule has 4 heteroatoms. The zero-order valence-electron chi connectivity index (χ0n) is 8.37. The Morgan fingerprint density at radius 2 is 1.71 bits per heavy atom. The first-order chi connectivity index (χ1) is 5.73. The molecule has 2 aliphatic heterocycles. The SMILES string of the molecule is Cl.Cl.N[C@]12C[C@H]3CN[C@H](C[C@H](C3)C1)C2. The standard InChI is InChI=1S/C10H18N2.2ClH/c11-10-3-7-1-8(4-10)6-12-9(2-7)5-10;;/h7-9,12H,1-6,11H2;2*1H/t7-,8-,9+,10-;;/m0../s1. The monoisotopic (exact) mass is 238 g/mol. The number of halogens is 2. The Morgan fingerprint density at radius 1 is 1.00 bits per heavy atom.